The van der Waals surface area contributed by atoms with E-state index >= 15 is 0 Å². The van der Waals surface area contributed by atoms with E-state index in [4.69, 9.17) is 4.74 Å². The molecule has 1 aromatic heterocycles. The maximum absolute atomic E-state index is 12.3. The van der Waals surface area contributed by atoms with Gasteiger partial charge in [-0.2, -0.15) is 9.78 Å². The van der Waals surface area contributed by atoms with E-state index in [9.17, 15) is 9.59 Å². The lowest BCUT2D eigenvalue weighted by Crippen LogP contribution is -2.26. The highest BCUT2D eigenvalue weighted by atomic mass is 16.5. The SMILES string of the molecule is CC(=O)OCc1c(C)cnn(-c2ccccc2)c1=O. The van der Waals surface area contributed by atoms with Crippen LogP contribution in [-0.2, 0) is 16.1 Å². The van der Waals surface area contributed by atoms with E-state index < -0.39 is 5.97 Å². The molecule has 1 aromatic carbocycles. The molecule has 0 spiro atoms. The zero-order chi connectivity index (χ0) is 13.8. The van der Waals surface area contributed by atoms with E-state index in [0.717, 1.165) is 0 Å². The zero-order valence-corrected chi connectivity index (χ0v) is 10.8. The van der Waals surface area contributed by atoms with Crippen molar-refractivity contribution in [3.05, 3.63) is 58.0 Å². The molecule has 0 N–H and O–H groups in total. The van der Waals surface area contributed by atoms with Gasteiger partial charge in [0.1, 0.15) is 6.61 Å². The third-order valence-electron chi connectivity index (χ3n) is 2.71. The molecule has 0 saturated carbocycles. The first-order chi connectivity index (χ1) is 9.09. The van der Waals surface area contributed by atoms with E-state index in [2.05, 4.69) is 5.10 Å². The van der Waals surface area contributed by atoms with Crippen molar-refractivity contribution in [3.8, 4) is 5.69 Å². The Morgan fingerprint density at radius 1 is 1.32 bits per heavy atom. The lowest BCUT2D eigenvalue weighted by molar-refractivity contribution is -0.142. The standard InChI is InChI=1S/C14H14N2O3/c1-10-8-15-16(12-6-4-3-5-7-12)14(18)13(10)9-19-11(2)17/h3-8H,9H2,1-2H3. The van der Waals surface area contributed by atoms with Crippen molar-refractivity contribution >= 4 is 5.97 Å². The Hall–Kier alpha value is -2.43. The molecule has 0 atom stereocenters. The summed E-state index contributed by atoms with van der Waals surface area (Å²) in [7, 11) is 0. The largest absolute Gasteiger partial charge is 0.461 e. The number of aryl methyl sites for hydroxylation is 1. The number of carbonyl (C=O) groups is 1. The molecule has 0 aliphatic carbocycles. The van der Waals surface area contributed by atoms with Crippen LogP contribution in [-0.4, -0.2) is 15.7 Å². The molecular weight excluding hydrogens is 244 g/mol. The summed E-state index contributed by atoms with van der Waals surface area (Å²) in [6, 6.07) is 9.10. The van der Waals surface area contributed by atoms with Gasteiger partial charge in [0.25, 0.3) is 5.56 Å². The van der Waals surface area contributed by atoms with Gasteiger partial charge in [0, 0.05) is 6.92 Å². The third-order valence-corrected chi connectivity index (χ3v) is 2.71. The number of carbonyl (C=O) groups excluding carboxylic acids is 1. The monoisotopic (exact) mass is 258 g/mol. The Morgan fingerprint density at radius 2 is 2.00 bits per heavy atom. The van der Waals surface area contributed by atoms with Gasteiger partial charge >= 0.3 is 5.97 Å². The van der Waals surface area contributed by atoms with Crippen molar-refractivity contribution in [2.75, 3.05) is 0 Å². The fourth-order valence-corrected chi connectivity index (χ4v) is 1.67. The molecule has 98 valence electrons. The van der Waals surface area contributed by atoms with Gasteiger partial charge < -0.3 is 4.74 Å². The number of hydrogen-bond donors (Lipinski definition) is 0. The van der Waals surface area contributed by atoms with Gasteiger partial charge in [0.2, 0.25) is 0 Å². The second-order valence-electron chi connectivity index (χ2n) is 4.14. The topological polar surface area (TPSA) is 61.2 Å². The quantitative estimate of drug-likeness (QED) is 0.785. The first-order valence-electron chi connectivity index (χ1n) is 5.86. The number of hydrogen-bond acceptors (Lipinski definition) is 4. The van der Waals surface area contributed by atoms with Crippen LogP contribution in [0.2, 0.25) is 0 Å². The molecule has 0 aliphatic rings. The number of nitrogens with zero attached hydrogens (tertiary/aromatic N) is 2. The predicted octanol–water partition coefficient (Wildman–Crippen LogP) is 1.60. The molecule has 5 nitrogen and oxygen atoms in total. The molecule has 0 bridgehead atoms. The van der Waals surface area contributed by atoms with E-state index in [-0.39, 0.29) is 12.2 Å². The molecule has 0 amide bonds. The van der Waals surface area contributed by atoms with Gasteiger partial charge in [-0.15, -0.1) is 0 Å². The summed E-state index contributed by atoms with van der Waals surface area (Å²) in [5, 5.41) is 4.10. The number of benzene rings is 1. The van der Waals surface area contributed by atoms with Crippen LogP contribution in [0, 0.1) is 6.92 Å². The van der Waals surface area contributed by atoms with Crippen molar-refractivity contribution in [1.29, 1.82) is 0 Å². The molecule has 1 heterocycles. The van der Waals surface area contributed by atoms with Crippen molar-refractivity contribution in [2.45, 2.75) is 20.5 Å². The minimum atomic E-state index is -0.415. The maximum Gasteiger partial charge on any atom is 0.302 e. The highest BCUT2D eigenvalue weighted by Crippen LogP contribution is 2.06. The summed E-state index contributed by atoms with van der Waals surface area (Å²) in [6.45, 7) is 3.05. The third kappa shape index (κ3) is 2.88. The summed E-state index contributed by atoms with van der Waals surface area (Å²) in [5.74, 6) is -0.415. The summed E-state index contributed by atoms with van der Waals surface area (Å²) in [5.41, 5.74) is 1.55. The van der Waals surface area contributed by atoms with E-state index in [1.54, 1.807) is 25.3 Å². The van der Waals surface area contributed by atoms with E-state index in [1.165, 1.54) is 11.6 Å². The molecule has 0 unspecified atom stereocenters. The van der Waals surface area contributed by atoms with Gasteiger partial charge in [-0.3, -0.25) is 9.59 Å². The van der Waals surface area contributed by atoms with Crippen LogP contribution in [0.4, 0.5) is 0 Å². The molecular formula is C14H14N2O3. The molecule has 0 aliphatic heterocycles. The maximum atomic E-state index is 12.3. The summed E-state index contributed by atoms with van der Waals surface area (Å²) in [4.78, 5) is 23.2. The second-order valence-corrected chi connectivity index (χ2v) is 4.14. The van der Waals surface area contributed by atoms with Crippen molar-refractivity contribution in [1.82, 2.24) is 9.78 Å². The smallest absolute Gasteiger partial charge is 0.302 e. The summed E-state index contributed by atoms with van der Waals surface area (Å²) in [6.07, 6.45) is 1.59. The Kier molecular flexibility index (Phi) is 3.75. The Bertz CT molecular complexity index is 647. The van der Waals surface area contributed by atoms with Gasteiger partial charge in [-0.25, -0.2) is 0 Å². The van der Waals surface area contributed by atoms with Crippen LogP contribution in [0.25, 0.3) is 5.69 Å². The number of esters is 1. The van der Waals surface area contributed by atoms with Crippen LogP contribution in [0.5, 0.6) is 0 Å². The van der Waals surface area contributed by atoms with Crippen molar-refractivity contribution < 1.29 is 9.53 Å². The highest BCUT2D eigenvalue weighted by molar-refractivity contribution is 5.65. The molecule has 0 radical (unpaired) electrons. The second kappa shape index (κ2) is 5.48. The fraction of sp³-hybridized carbons (Fsp3) is 0.214. The normalized spacial score (nSPS) is 10.2. The minimum absolute atomic E-state index is 0.0324. The zero-order valence-electron chi connectivity index (χ0n) is 10.8. The number of rotatable bonds is 3. The molecule has 2 aromatic rings. The fourth-order valence-electron chi connectivity index (χ4n) is 1.67. The van der Waals surface area contributed by atoms with Crippen LogP contribution < -0.4 is 5.56 Å². The molecule has 0 fully saturated rings. The first-order valence-corrected chi connectivity index (χ1v) is 5.86. The summed E-state index contributed by atoms with van der Waals surface area (Å²) >= 11 is 0. The Morgan fingerprint density at radius 3 is 2.63 bits per heavy atom. The van der Waals surface area contributed by atoms with Crippen LogP contribution in [0.1, 0.15) is 18.1 Å². The van der Waals surface area contributed by atoms with Gasteiger partial charge in [0.05, 0.1) is 17.4 Å². The lowest BCUT2D eigenvalue weighted by atomic mass is 10.2. The molecule has 2 rings (SSSR count). The Labute approximate surface area is 110 Å². The number of aromatic nitrogens is 2. The van der Waals surface area contributed by atoms with E-state index in [1.807, 2.05) is 18.2 Å². The predicted molar refractivity (Wildman–Crippen MR) is 70.0 cm³/mol. The van der Waals surface area contributed by atoms with Crippen LogP contribution in [0.15, 0.2) is 41.3 Å². The van der Waals surface area contributed by atoms with Crippen molar-refractivity contribution in [3.63, 3.8) is 0 Å². The highest BCUT2D eigenvalue weighted by Gasteiger charge is 2.11. The van der Waals surface area contributed by atoms with Gasteiger partial charge in [-0.05, 0) is 24.6 Å². The van der Waals surface area contributed by atoms with Gasteiger partial charge in [0.15, 0.2) is 0 Å². The Balaban J connectivity index is 2.46. The average Bonchev–Trinajstić information content (AvgIpc) is 2.39. The van der Waals surface area contributed by atoms with Crippen molar-refractivity contribution in [2.24, 2.45) is 0 Å². The van der Waals surface area contributed by atoms with E-state index in [0.29, 0.717) is 16.8 Å². The molecule has 19 heavy (non-hydrogen) atoms. The number of ether oxygens (including phenoxy) is 1. The molecule has 5 heteroatoms. The van der Waals surface area contributed by atoms with Gasteiger partial charge in [-0.1, -0.05) is 18.2 Å². The van der Waals surface area contributed by atoms with Crippen LogP contribution in [0.3, 0.4) is 0 Å². The number of para-hydroxylation sites is 1. The first kappa shape index (κ1) is 13.0. The minimum Gasteiger partial charge on any atom is -0.461 e. The average molecular weight is 258 g/mol. The van der Waals surface area contributed by atoms with Crippen LogP contribution >= 0.6 is 0 Å². The summed E-state index contributed by atoms with van der Waals surface area (Å²) < 4.78 is 6.20. The molecule has 0 saturated heterocycles. The lowest BCUT2D eigenvalue weighted by Gasteiger charge is -2.09.